The summed E-state index contributed by atoms with van der Waals surface area (Å²) in [6.07, 6.45) is 3.33. The lowest BCUT2D eigenvalue weighted by Gasteiger charge is -2.05. The molecular formula is C25H24N6O2. The number of carbonyl (C=O) groups excluding carboxylic acids is 1. The van der Waals surface area contributed by atoms with Crippen molar-refractivity contribution in [1.82, 2.24) is 23.8 Å². The SMILES string of the molecule is Cc1cccc(NC(=O)Cn2nc3c4cc(-c5ccc(C(C)C)cc5)nn4ccn3c2=O)c1. The molecule has 5 rings (SSSR count). The Labute approximate surface area is 190 Å². The summed E-state index contributed by atoms with van der Waals surface area (Å²) in [5.74, 6) is 0.139. The molecule has 0 atom stereocenters. The molecule has 0 aliphatic rings. The number of anilines is 1. The first-order valence-corrected chi connectivity index (χ1v) is 10.8. The average Bonchev–Trinajstić information content (AvgIpc) is 3.35. The number of rotatable bonds is 5. The first-order chi connectivity index (χ1) is 15.9. The van der Waals surface area contributed by atoms with Gasteiger partial charge in [0.25, 0.3) is 0 Å². The first kappa shape index (κ1) is 20.7. The minimum absolute atomic E-state index is 0.182. The van der Waals surface area contributed by atoms with E-state index in [1.165, 1.54) is 14.6 Å². The Hall–Kier alpha value is -4.20. The van der Waals surface area contributed by atoms with Gasteiger partial charge in [-0.3, -0.25) is 4.79 Å². The third kappa shape index (κ3) is 3.91. The molecule has 0 fully saturated rings. The predicted molar refractivity (Wildman–Crippen MR) is 128 cm³/mol. The Morgan fingerprint density at radius 1 is 1.03 bits per heavy atom. The van der Waals surface area contributed by atoms with Crippen LogP contribution in [0.1, 0.15) is 30.9 Å². The Kier molecular flexibility index (Phi) is 5.05. The Balaban J connectivity index is 1.47. The molecule has 0 saturated heterocycles. The maximum Gasteiger partial charge on any atom is 0.350 e. The number of amides is 1. The van der Waals surface area contributed by atoms with Gasteiger partial charge in [0.2, 0.25) is 5.91 Å². The molecule has 8 heteroatoms. The van der Waals surface area contributed by atoms with E-state index >= 15 is 0 Å². The third-order valence-electron chi connectivity index (χ3n) is 5.66. The number of fused-ring (bicyclic) bond motifs is 3. The lowest BCUT2D eigenvalue weighted by molar-refractivity contribution is -0.117. The molecule has 1 N–H and O–H groups in total. The average molecular weight is 441 g/mol. The van der Waals surface area contributed by atoms with Crippen molar-refractivity contribution in [3.05, 3.63) is 88.6 Å². The molecule has 0 saturated carbocycles. The van der Waals surface area contributed by atoms with Gasteiger partial charge in [0.1, 0.15) is 12.1 Å². The van der Waals surface area contributed by atoms with Crippen LogP contribution in [0.15, 0.2) is 71.8 Å². The van der Waals surface area contributed by atoms with Gasteiger partial charge in [0, 0.05) is 23.6 Å². The highest BCUT2D eigenvalue weighted by Crippen LogP contribution is 2.24. The maximum atomic E-state index is 12.8. The Morgan fingerprint density at radius 3 is 2.55 bits per heavy atom. The second kappa shape index (κ2) is 8.05. The van der Waals surface area contributed by atoms with Crippen LogP contribution in [0.25, 0.3) is 22.4 Å². The van der Waals surface area contributed by atoms with E-state index in [9.17, 15) is 9.59 Å². The second-order valence-electron chi connectivity index (χ2n) is 8.49. The van der Waals surface area contributed by atoms with Crippen LogP contribution in [-0.2, 0) is 11.3 Å². The van der Waals surface area contributed by atoms with Gasteiger partial charge in [0.15, 0.2) is 5.65 Å². The lowest BCUT2D eigenvalue weighted by Crippen LogP contribution is -2.28. The zero-order valence-corrected chi connectivity index (χ0v) is 18.7. The van der Waals surface area contributed by atoms with Crippen LogP contribution >= 0.6 is 0 Å². The van der Waals surface area contributed by atoms with E-state index in [0.717, 1.165) is 16.8 Å². The number of aromatic nitrogens is 5. The highest BCUT2D eigenvalue weighted by Gasteiger charge is 2.15. The summed E-state index contributed by atoms with van der Waals surface area (Å²) in [5.41, 5.74) is 5.52. The quantitative estimate of drug-likeness (QED) is 0.449. The summed E-state index contributed by atoms with van der Waals surface area (Å²) in [5, 5.41) is 11.9. The number of benzene rings is 2. The fourth-order valence-electron chi connectivity index (χ4n) is 3.88. The normalized spacial score (nSPS) is 11.5. The van der Waals surface area contributed by atoms with Crippen LogP contribution in [-0.4, -0.2) is 29.7 Å². The number of hydrogen-bond acceptors (Lipinski definition) is 4. The van der Waals surface area contributed by atoms with E-state index in [0.29, 0.717) is 22.8 Å². The molecule has 0 bridgehead atoms. The fourth-order valence-corrected chi connectivity index (χ4v) is 3.88. The highest BCUT2D eigenvalue weighted by atomic mass is 16.2. The van der Waals surface area contributed by atoms with Crippen molar-refractivity contribution in [2.75, 3.05) is 5.32 Å². The van der Waals surface area contributed by atoms with Crippen LogP contribution in [0.4, 0.5) is 5.69 Å². The number of hydrogen-bond donors (Lipinski definition) is 1. The minimum atomic E-state index is -0.379. The molecular weight excluding hydrogens is 416 g/mol. The van der Waals surface area contributed by atoms with E-state index in [2.05, 4.69) is 53.6 Å². The van der Waals surface area contributed by atoms with E-state index in [1.54, 1.807) is 16.9 Å². The number of nitrogens with one attached hydrogen (secondary N) is 1. The molecule has 0 radical (unpaired) electrons. The van der Waals surface area contributed by atoms with Crippen molar-refractivity contribution in [2.24, 2.45) is 0 Å². The molecule has 0 aliphatic carbocycles. The topological polar surface area (TPSA) is 85.7 Å². The van der Waals surface area contributed by atoms with Crippen LogP contribution in [0.3, 0.4) is 0 Å². The Bertz CT molecular complexity index is 1540. The summed E-state index contributed by atoms with van der Waals surface area (Å²) in [6.45, 7) is 6.09. The molecule has 0 aliphatic heterocycles. The van der Waals surface area contributed by atoms with Gasteiger partial charge in [-0.25, -0.2) is 18.4 Å². The molecule has 8 nitrogen and oxygen atoms in total. The summed E-state index contributed by atoms with van der Waals surface area (Å²) >= 11 is 0. The zero-order valence-electron chi connectivity index (χ0n) is 18.7. The lowest BCUT2D eigenvalue weighted by atomic mass is 10.0. The monoisotopic (exact) mass is 440 g/mol. The van der Waals surface area contributed by atoms with Gasteiger partial charge in [-0.1, -0.05) is 50.2 Å². The highest BCUT2D eigenvalue weighted by molar-refractivity contribution is 5.90. The molecule has 5 aromatic rings. The summed E-state index contributed by atoms with van der Waals surface area (Å²) in [7, 11) is 0. The van der Waals surface area contributed by atoms with Gasteiger partial charge in [-0.05, 0) is 42.2 Å². The van der Waals surface area contributed by atoms with E-state index in [-0.39, 0.29) is 18.1 Å². The van der Waals surface area contributed by atoms with Crippen LogP contribution < -0.4 is 11.0 Å². The smallest absolute Gasteiger partial charge is 0.324 e. The van der Waals surface area contributed by atoms with Crippen molar-refractivity contribution < 1.29 is 4.79 Å². The summed E-state index contributed by atoms with van der Waals surface area (Å²) < 4.78 is 4.30. The minimum Gasteiger partial charge on any atom is -0.324 e. The van der Waals surface area contributed by atoms with Crippen molar-refractivity contribution in [3.63, 3.8) is 0 Å². The molecule has 1 amide bonds. The van der Waals surface area contributed by atoms with Crippen molar-refractivity contribution in [3.8, 4) is 11.3 Å². The van der Waals surface area contributed by atoms with Crippen LogP contribution in [0.2, 0.25) is 0 Å². The zero-order chi connectivity index (χ0) is 23.1. The molecule has 0 unspecified atom stereocenters. The molecule has 2 aromatic carbocycles. The summed E-state index contributed by atoms with van der Waals surface area (Å²) in [6, 6.07) is 17.7. The van der Waals surface area contributed by atoms with Crippen molar-refractivity contribution in [1.29, 1.82) is 0 Å². The fraction of sp³-hybridized carbons (Fsp3) is 0.200. The van der Waals surface area contributed by atoms with Crippen LogP contribution in [0.5, 0.6) is 0 Å². The van der Waals surface area contributed by atoms with Gasteiger partial charge in [0.05, 0.1) is 5.69 Å². The third-order valence-corrected chi connectivity index (χ3v) is 5.66. The largest absolute Gasteiger partial charge is 0.350 e. The molecule has 0 spiro atoms. The van der Waals surface area contributed by atoms with Gasteiger partial charge < -0.3 is 5.32 Å². The molecule has 166 valence electrons. The van der Waals surface area contributed by atoms with Gasteiger partial charge >= 0.3 is 5.69 Å². The molecule has 3 aromatic heterocycles. The summed E-state index contributed by atoms with van der Waals surface area (Å²) in [4.78, 5) is 25.4. The first-order valence-electron chi connectivity index (χ1n) is 10.8. The van der Waals surface area contributed by atoms with Crippen LogP contribution in [0, 0.1) is 6.92 Å². The second-order valence-corrected chi connectivity index (χ2v) is 8.49. The van der Waals surface area contributed by atoms with E-state index in [1.807, 2.05) is 37.3 Å². The van der Waals surface area contributed by atoms with Crippen molar-refractivity contribution >= 4 is 22.8 Å². The van der Waals surface area contributed by atoms with Gasteiger partial charge in [-0.2, -0.15) is 5.10 Å². The van der Waals surface area contributed by atoms with E-state index < -0.39 is 0 Å². The van der Waals surface area contributed by atoms with Gasteiger partial charge in [-0.15, -0.1) is 5.10 Å². The number of nitrogens with zero attached hydrogens (tertiary/aromatic N) is 5. The Morgan fingerprint density at radius 2 is 1.82 bits per heavy atom. The number of aryl methyl sites for hydroxylation is 1. The van der Waals surface area contributed by atoms with Crippen molar-refractivity contribution in [2.45, 2.75) is 33.2 Å². The molecule has 33 heavy (non-hydrogen) atoms. The molecule has 3 heterocycles. The number of carbonyl (C=O) groups is 1. The maximum absolute atomic E-state index is 12.8. The van der Waals surface area contributed by atoms with E-state index in [4.69, 9.17) is 0 Å². The predicted octanol–water partition coefficient (Wildman–Crippen LogP) is 3.88. The standard InChI is InChI=1S/C25H24N6O2/c1-16(2)18-7-9-19(10-8-18)21-14-22-24-28-31(25(33)29(24)11-12-30(22)27-21)15-23(32)26-20-6-4-5-17(3)13-20/h4-14,16H,15H2,1-3H3,(H,26,32).